The molecule has 2 fully saturated rings. The second-order valence-corrected chi connectivity index (χ2v) is 12.5. The van der Waals surface area contributed by atoms with Crippen molar-refractivity contribution in [2.24, 2.45) is 11.8 Å². The first-order chi connectivity index (χ1) is 11.2. The highest BCUT2D eigenvalue weighted by Crippen LogP contribution is 2.56. The third-order valence-corrected chi connectivity index (χ3v) is 10.9. The fourth-order valence-corrected chi connectivity index (χ4v) is 9.03. The molecule has 0 bridgehead atoms. The molecule has 1 aromatic rings. The van der Waals surface area contributed by atoms with Crippen molar-refractivity contribution >= 4 is 8.24 Å². The number of nitrogens with one attached hydrogen (secondary N) is 1. The van der Waals surface area contributed by atoms with Crippen molar-refractivity contribution in [3.05, 3.63) is 48.5 Å². The summed E-state index contributed by atoms with van der Waals surface area (Å²) in [6, 6.07) is 4.22. The van der Waals surface area contributed by atoms with Crippen LogP contribution in [0.5, 0.6) is 0 Å². The first-order valence-corrected chi connectivity index (χ1v) is 12.0. The summed E-state index contributed by atoms with van der Waals surface area (Å²) in [7, 11) is -1.47. The highest BCUT2D eigenvalue weighted by molar-refractivity contribution is 6.76. The predicted molar refractivity (Wildman–Crippen MR) is 97.0 cm³/mol. The van der Waals surface area contributed by atoms with Gasteiger partial charge in [-0.25, -0.2) is 0 Å². The van der Waals surface area contributed by atoms with Gasteiger partial charge in [-0.2, -0.15) is 0 Å². The minimum atomic E-state index is -1.47. The molecule has 23 heavy (non-hydrogen) atoms. The Kier molecular flexibility index (Phi) is 4.08. The standard InChI is InChI=1S/C19H28N2OSi/c1-23(2,21-11-9-20-10-12-21)19-14-17(18-8-5-13-22-18)15-6-3-4-7-16(15)19/h3-8,13,15-17,19-20H,9-12,14H2,1-2H3/t15?,16?,17-,19?/m0/s1. The highest BCUT2D eigenvalue weighted by Gasteiger charge is 2.51. The molecule has 1 aliphatic heterocycles. The molecule has 2 heterocycles. The normalized spacial score (nSPS) is 34.7. The Morgan fingerprint density at radius 2 is 1.87 bits per heavy atom. The van der Waals surface area contributed by atoms with Gasteiger partial charge in [0.05, 0.1) is 6.26 Å². The molecule has 0 spiro atoms. The van der Waals surface area contributed by atoms with Gasteiger partial charge in [0.25, 0.3) is 0 Å². The zero-order valence-corrected chi connectivity index (χ0v) is 15.2. The molecule has 0 amide bonds. The van der Waals surface area contributed by atoms with Gasteiger partial charge in [0.15, 0.2) is 0 Å². The molecular weight excluding hydrogens is 300 g/mol. The summed E-state index contributed by atoms with van der Waals surface area (Å²) in [5, 5.41) is 3.51. The monoisotopic (exact) mass is 328 g/mol. The van der Waals surface area contributed by atoms with E-state index in [2.05, 4.69) is 53.3 Å². The Hall–Kier alpha value is -1.10. The Morgan fingerprint density at radius 3 is 2.57 bits per heavy atom. The molecule has 4 rings (SSSR count). The maximum absolute atomic E-state index is 5.81. The number of allylic oxidation sites excluding steroid dienone is 4. The van der Waals surface area contributed by atoms with E-state index in [1.54, 1.807) is 0 Å². The van der Waals surface area contributed by atoms with Crippen LogP contribution in [0.25, 0.3) is 0 Å². The maximum Gasteiger partial charge on any atom is 0.126 e. The molecular formula is C19H28N2OSi. The molecule has 124 valence electrons. The first-order valence-electron chi connectivity index (χ1n) is 9.02. The Labute approximate surface area is 140 Å². The minimum absolute atomic E-state index is 0.552. The summed E-state index contributed by atoms with van der Waals surface area (Å²) in [4.78, 5) is 0. The van der Waals surface area contributed by atoms with Crippen LogP contribution in [-0.4, -0.2) is 39.0 Å². The lowest BCUT2D eigenvalue weighted by atomic mass is 9.85. The number of piperazine rings is 1. The van der Waals surface area contributed by atoms with Crippen molar-refractivity contribution in [2.45, 2.75) is 31.0 Å². The number of nitrogens with zero attached hydrogens (tertiary/aromatic N) is 1. The summed E-state index contributed by atoms with van der Waals surface area (Å²) >= 11 is 0. The number of furan rings is 1. The van der Waals surface area contributed by atoms with E-state index in [0.717, 1.165) is 18.6 Å². The van der Waals surface area contributed by atoms with Crippen LogP contribution in [0.2, 0.25) is 18.6 Å². The summed E-state index contributed by atoms with van der Waals surface area (Å²) in [6.45, 7) is 9.92. The summed E-state index contributed by atoms with van der Waals surface area (Å²) in [6.07, 6.45) is 12.5. The maximum atomic E-state index is 5.81. The van der Waals surface area contributed by atoms with Crippen LogP contribution < -0.4 is 5.32 Å². The SMILES string of the molecule is C[Si](C)(C1C[C@H](c2ccco2)C2C=CC=CC21)N1CCNCC1. The lowest BCUT2D eigenvalue weighted by molar-refractivity contribution is 0.346. The molecule has 1 aromatic heterocycles. The van der Waals surface area contributed by atoms with E-state index in [0.29, 0.717) is 17.8 Å². The van der Waals surface area contributed by atoms with E-state index >= 15 is 0 Å². The largest absolute Gasteiger partial charge is 0.469 e. The Morgan fingerprint density at radius 1 is 1.13 bits per heavy atom. The highest BCUT2D eigenvalue weighted by atomic mass is 28.3. The van der Waals surface area contributed by atoms with Gasteiger partial charge in [0.1, 0.15) is 14.0 Å². The topological polar surface area (TPSA) is 28.4 Å². The Bertz CT molecular complexity index is 587. The molecule has 2 aliphatic carbocycles. The summed E-state index contributed by atoms with van der Waals surface area (Å²) < 4.78 is 8.64. The summed E-state index contributed by atoms with van der Waals surface area (Å²) in [5.74, 6) is 3.04. The van der Waals surface area contributed by atoms with Crippen LogP contribution in [0, 0.1) is 11.8 Å². The van der Waals surface area contributed by atoms with Crippen molar-refractivity contribution < 1.29 is 4.42 Å². The molecule has 1 saturated carbocycles. The molecule has 1 N–H and O–H groups in total. The van der Waals surface area contributed by atoms with E-state index in [-0.39, 0.29) is 0 Å². The zero-order valence-electron chi connectivity index (χ0n) is 14.2. The second kappa shape index (κ2) is 6.08. The van der Waals surface area contributed by atoms with Crippen molar-refractivity contribution in [3.8, 4) is 0 Å². The fourth-order valence-electron chi connectivity index (χ4n) is 5.08. The molecule has 4 atom stereocenters. The van der Waals surface area contributed by atoms with Gasteiger partial charge >= 0.3 is 0 Å². The van der Waals surface area contributed by atoms with Crippen LogP contribution in [-0.2, 0) is 0 Å². The van der Waals surface area contributed by atoms with Crippen LogP contribution in [0.1, 0.15) is 18.1 Å². The number of hydrogen-bond acceptors (Lipinski definition) is 3. The summed E-state index contributed by atoms with van der Waals surface area (Å²) in [5.41, 5.74) is 0.807. The van der Waals surface area contributed by atoms with Gasteiger partial charge < -0.3 is 14.3 Å². The van der Waals surface area contributed by atoms with Gasteiger partial charge in [-0.05, 0) is 35.9 Å². The van der Waals surface area contributed by atoms with E-state index in [4.69, 9.17) is 4.42 Å². The molecule has 0 radical (unpaired) electrons. The van der Waals surface area contributed by atoms with Gasteiger partial charge in [-0.1, -0.05) is 37.4 Å². The average Bonchev–Trinajstić information content (AvgIpc) is 3.23. The third kappa shape index (κ3) is 2.67. The minimum Gasteiger partial charge on any atom is -0.469 e. The smallest absolute Gasteiger partial charge is 0.126 e. The van der Waals surface area contributed by atoms with Gasteiger partial charge in [0, 0.05) is 32.1 Å². The van der Waals surface area contributed by atoms with E-state index < -0.39 is 8.24 Å². The number of rotatable bonds is 3. The molecule has 1 saturated heterocycles. The first kappa shape index (κ1) is 15.4. The lowest BCUT2D eigenvalue weighted by Crippen LogP contribution is -2.59. The van der Waals surface area contributed by atoms with Crippen LogP contribution >= 0.6 is 0 Å². The van der Waals surface area contributed by atoms with Gasteiger partial charge in [-0.15, -0.1) is 0 Å². The van der Waals surface area contributed by atoms with Gasteiger partial charge in [0.2, 0.25) is 0 Å². The quantitative estimate of drug-likeness (QED) is 0.859. The fraction of sp³-hybridized carbons (Fsp3) is 0.579. The van der Waals surface area contributed by atoms with Crippen LogP contribution in [0.15, 0.2) is 47.1 Å². The van der Waals surface area contributed by atoms with E-state index in [1.165, 1.54) is 25.3 Å². The van der Waals surface area contributed by atoms with E-state index in [9.17, 15) is 0 Å². The van der Waals surface area contributed by atoms with Crippen molar-refractivity contribution in [1.82, 2.24) is 9.88 Å². The third-order valence-electron chi connectivity index (χ3n) is 6.41. The molecule has 3 aliphatic rings. The average molecular weight is 329 g/mol. The predicted octanol–water partition coefficient (Wildman–Crippen LogP) is 3.61. The molecule has 3 unspecified atom stereocenters. The second-order valence-electron chi connectivity index (χ2n) is 7.78. The van der Waals surface area contributed by atoms with Gasteiger partial charge in [-0.3, -0.25) is 0 Å². The van der Waals surface area contributed by atoms with Crippen LogP contribution in [0.4, 0.5) is 0 Å². The molecule has 4 heteroatoms. The molecule has 0 aromatic carbocycles. The van der Waals surface area contributed by atoms with E-state index in [1.807, 2.05) is 12.3 Å². The molecule has 3 nitrogen and oxygen atoms in total. The zero-order chi connectivity index (χ0) is 15.9. The van der Waals surface area contributed by atoms with Crippen molar-refractivity contribution in [2.75, 3.05) is 26.2 Å². The lowest BCUT2D eigenvalue weighted by Gasteiger charge is -2.45. The Balaban J connectivity index is 1.63. The van der Waals surface area contributed by atoms with Crippen molar-refractivity contribution in [1.29, 1.82) is 0 Å². The van der Waals surface area contributed by atoms with Crippen LogP contribution in [0.3, 0.4) is 0 Å². The van der Waals surface area contributed by atoms with Crippen molar-refractivity contribution in [3.63, 3.8) is 0 Å². The number of fused-ring (bicyclic) bond motifs is 1. The number of hydrogen-bond donors (Lipinski definition) is 1.